The summed E-state index contributed by atoms with van der Waals surface area (Å²) in [4.78, 5) is 11.1. The molecule has 0 saturated heterocycles. The maximum absolute atomic E-state index is 13.0. The van der Waals surface area contributed by atoms with E-state index in [0.29, 0.717) is 12.0 Å². The van der Waals surface area contributed by atoms with Crippen LogP contribution in [0.25, 0.3) is 0 Å². The monoisotopic (exact) mass is 210 g/mol. The van der Waals surface area contributed by atoms with E-state index >= 15 is 0 Å². The van der Waals surface area contributed by atoms with Crippen LogP contribution in [0.1, 0.15) is 12.0 Å². The molecule has 1 aliphatic rings. The van der Waals surface area contributed by atoms with Gasteiger partial charge in [0.2, 0.25) is 0 Å². The average molecular weight is 210 g/mol. The van der Waals surface area contributed by atoms with Gasteiger partial charge in [0, 0.05) is 12.5 Å². The fraction of sp³-hybridized carbons (Fsp3) is 0.364. The van der Waals surface area contributed by atoms with Gasteiger partial charge in [-0.15, -0.1) is 0 Å². The second-order valence-electron chi connectivity index (χ2n) is 3.87. The van der Waals surface area contributed by atoms with Crippen molar-refractivity contribution in [2.45, 2.75) is 11.8 Å². The predicted molar refractivity (Wildman–Crippen MR) is 50.9 cm³/mol. The van der Waals surface area contributed by atoms with Gasteiger partial charge in [0.25, 0.3) is 0 Å². The zero-order chi connectivity index (χ0) is 11.1. The van der Waals surface area contributed by atoms with Crippen molar-refractivity contribution in [3.05, 3.63) is 35.6 Å². The summed E-state index contributed by atoms with van der Waals surface area (Å²) in [5.74, 6) is -1.74. The Labute approximate surface area is 86.2 Å². The minimum atomic E-state index is -1.07. The summed E-state index contributed by atoms with van der Waals surface area (Å²) in [6.07, 6.45) is 0.377. The lowest BCUT2D eigenvalue weighted by atomic mass is 9.93. The highest BCUT2D eigenvalue weighted by Crippen LogP contribution is 2.54. The van der Waals surface area contributed by atoms with Crippen molar-refractivity contribution in [3.8, 4) is 0 Å². The molecule has 2 N–H and O–H groups in total. The van der Waals surface area contributed by atoms with Crippen molar-refractivity contribution in [1.29, 1.82) is 0 Å². The highest BCUT2D eigenvalue weighted by atomic mass is 19.1. The lowest BCUT2D eigenvalue weighted by Gasteiger charge is -2.11. The molecule has 2 rings (SSSR count). The quantitative estimate of drug-likeness (QED) is 0.787. The van der Waals surface area contributed by atoms with Gasteiger partial charge in [0.05, 0.1) is 5.41 Å². The van der Waals surface area contributed by atoms with Crippen molar-refractivity contribution < 1.29 is 19.4 Å². The van der Waals surface area contributed by atoms with E-state index in [-0.39, 0.29) is 12.5 Å². The van der Waals surface area contributed by atoms with E-state index < -0.39 is 17.2 Å². The first-order chi connectivity index (χ1) is 7.11. The zero-order valence-corrected chi connectivity index (χ0v) is 7.98. The Morgan fingerprint density at radius 2 is 2.33 bits per heavy atom. The molecule has 0 heterocycles. The summed E-state index contributed by atoms with van der Waals surface area (Å²) in [6.45, 7) is -0.178. The molecule has 1 fully saturated rings. The Kier molecular flexibility index (Phi) is 2.23. The van der Waals surface area contributed by atoms with E-state index in [2.05, 4.69) is 0 Å². The average Bonchev–Trinajstić information content (AvgIpc) is 2.93. The number of rotatable bonds is 3. The van der Waals surface area contributed by atoms with Crippen LogP contribution in [0.3, 0.4) is 0 Å². The summed E-state index contributed by atoms with van der Waals surface area (Å²) >= 11 is 0. The Morgan fingerprint density at radius 3 is 2.80 bits per heavy atom. The summed E-state index contributed by atoms with van der Waals surface area (Å²) in [5, 5.41) is 18.1. The first kappa shape index (κ1) is 10.1. The molecular formula is C11H11FO3. The van der Waals surface area contributed by atoms with Crippen LogP contribution in [0.2, 0.25) is 0 Å². The SMILES string of the molecule is O=C(O)[C@@]1(c2cccc(F)c2)C[C@H]1CO. The molecule has 1 saturated carbocycles. The topological polar surface area (TPSA) is 57.5 Å². The molecular weight excluding hydrogens is 199 g/mol. The number of aliphatic hydroxyl groups is 1. The molecule has 1 aliphatic carbocycles. The number of aliphatic carboxylic acids is 1. The molecule has 15 heavy (non-hydrogen) atoms. The number of carbonyl (C=O) groups is 1. The third kappa shape index (κ3) is 1.41. The highest BCUT2D eigenvalue weighted by molar-refractivity contribution is 5.85. The predicted octanol–water partition coefficient (Wildman–Crippen LogP) is 1.16. The van der Waals surface area contributed by atoms with E-state index in [1.807, 2.05) is 0 Å². The van der Waals surface area contributed by atoms with Crippen molar-refractivity contribution >= 4 is 5.97 Å². The van der Waals surface area contributed by atoms with Crippen molar-refractivity contribution in [1.82, 2.24) is 0 Å². The molecule has 2 atom stereocenters. The molecule has 0 spiro atoms. The van der Waals surface area contributed by atoms with Gasteiger partial charge in [-0.1, -0.05) is 12.1 Å². The maximum atomic E-state index is 13.0. The van der Waals surface area contributed by atoms with Crippen LogP contribution in [-0.2, 0) is 10.2 Å². The van der Waals surface area contributed by atoms with Crippen LogP contribution in [0.4, 0.5) is 4.39 Å². The Morgan fingerprint density at radius 1 is 1.60 bits per heavy atom. The van der Waals surface area contributed by atoms with Gasteiger partial charge in [0.15, 0.2) is 0 Å². The maximum Gasteiger partial charge on any atom is 0.314 e. The molecule has 80 valence electrons. The van der Waals surface area contributed by atoms with Crippen LogP contribution in [0.5, 0.6) is 0 Å². The van der Waals surface area contributed by atoms with Gasteiger partial charge < -0.3 is 10.2 Å². The van der Waals surface area contributed by atoms with Gasteiger partial charge in [-0.05, 0) is 24.1 Å². The van der Waals surface area contributed by atoms with E-state index in [0.717, 1.165) is 0 Å². The van der Waals surface area contributed by atoms with E-state index in [9.17, 15) is 9.18 Å². The molecule has 4 heteroatoms. The molecule has 0 bridgehead atoms. The highest BCUT2D eigenvalue weighted by Gasteiger charge is 2.61. The second-order valence-corrected chi connectivity index (χ2v) is 3.87. The largest absolute Gasteiger partial charge is 0.481 e. The number of aliphatic hydroxyl groups excluding tert-OH is 1. The van der Waals surface area contributed by atoms with Gasteiger partial charge in [0.1, 0.15) is 5.82 Å². The molecule has 3 nitrogen and oxygen atoms in total. The number of benzene rings is 1. The number of carboxylic acid groups (broad SMARTS) is 1. The molecule has 1 aromatic carbocycles. The van der Waals surface area contributed by atoms with Gasteiger partial charge in [-0.25, -0.2) is 4.39 Å². The van der Waals surface area contributed by atoms with E-state index in [4.69, 9.17) is 10.2 Å². The first-order valence-corrected chi connectivity index (χ1v) is 4.71. The summed E-state index contributed by atoms with van der Waals surface area (Å²) in [5.41, 5.74) is -0.634. The van der Waals surface area contributed by atoms with Crippen molar-refractivity contribution in [2.75, 3.05) is 6.61 Å². The third-order valence-corrected chi connectivity index (χ3v) is 3.05. The molecule has 0 unspecified atom stereocenters. The van der Waals surface area contributed by atoms with Crippen LogP contribution >= 0.6 is 0 Å². The van der Waals surface area contributed by atoms with Crippen LogP contribution in [0.15, 0.2) is 24.3 Å². The molecule has 0 radical (unpaired) electrons. The third-order valence-electron chi connectivity index (χ3n) is 3.05. The van der Waals surface area contributed by atoms with Crippen LogP contribution < -0.4 is 0 Å². The number of carboxylic acids is 1. The minimum absolute atomic E-state index is 0.178. The second kappa shape index (κ2) is 3.31. The van der Waals surface area contributed by atoms with Crippen molar-refractivity contribution in [2.24, 2.45) is 5.92 Å². The fourth-order valence-electron chi connectivity index (χ4n) is 2.06. The van der Waals surface area contributed by atoms with E-state index in [1.54, 1.807) is 6.07 Å². The van der Waals surface area contributed by atoms with Gasteiger partial charge in [-0.2, -0.15) is 0 Å². The molecule has 1 aromatic rings. The smallest absolute Gasteiger partial charge is 0.314 e. The lowest BCUT2D eigenvalue weighted by molar-refractivity contribution is -0.140. The summed E-state index contributed by atoms with van der Waals surface area (Å²) < 4.78 is 13.0. The summed E-state index contributed by atoms with van der Waals surface area (Å²) in [7, 11) is 0. The van der Waals surface area contributed by atoms with Crippen molar-refractivity contribution in [3.63, 3.8) is 0 Å². The minimum Gasteiger partial charge on any atom is -0.481 e. The Balaban J connectivity index is 2.40. The lowest BCUT2D eigenvalue weighted by Crippen LogP contribution is -2.23. The first-order valence-electron chi connectivity index (χ1n) is 4.71. The fourth-order valence-corrected chi connectivity index (χ4v) is 2.06. The molecule has 0 amide bonds. The normalized spacial score (nSPS) is 28.8. The van der Waals surface area contributed by atoms with Crippen LogP contribution in [-0.4, -0.2) is 22.8 Å². The summed E-state index contributed by atoms with van der Waals surface area (Å²) in [6, 6.07) is 5.58. The van der Waals surface area contributed by atoms with Crippen LogP contribution in [0, 0.1) is 11.7 Å². The number of hydrogen-bond acceptors (Lipinski definition) is 2. The standard InChI is InChI=1S/C11H11FO3/c12-9-3-1-2-7(4-9)11(10(14)15)5-8(11)6-13/h1-4,8,13H,5-6H2,(H,14,15)/t8-,11+/m0/s1. The number of hydrogen-bond donors (Lipinski definition) is 2. The Hall–Kier alpha value is -1.42. The number of halogens is 1. The van der Waals surface area contributed by atoms with E-state index in [1.165, 1.54) is 18.2 Å². The molecule has 0 aliphatic heterocycles. The van der Waals surface area contributed by atoms with Gasteiger partial charge in [-0.3, -0.25) is 4.79 Å². The Bertz CT molecular complexity index is 405. The molecule has 0 aromatic heterocycles. The van der Waals surface area contributed by atoms with Gasteiger partial charge >= 0.3 is 5.97 Å². The zero-order valence-electron chi connectivity index (χ0n) is 7.98.